The number of anilines is 1. The first-order valence-corrected chi connectivity index (χ1v) is 10.6. The van der Waals surface area contributed by atoms with Crippen molar-refractivity contribution >= 4 is 22.7 Å². The monoisotopic (exact) mass is 417 g/mol. The fourth-order valence-corrected chi connectivity index (χ4v) is 3.64. The zero-order valence-electron chi connectivity index (χ0n) is 16.9. The van der Waals surface area contributed by atoms with E-state index in [1.807, 2.05) is 78.6 Å². The maximum absolute atomic E-state index is 5.96. The van der Waals surface area contributed by atoms with E-state index in [1.165, 1.54) is 11.3 Å². The molecule has 0 saturated carbocycles. The van der Waals surface area contributed by atoms with Crippen LogP contribution in [0.15, 0.2) is 77.5 Å². The molecule has 0 spiro atoms. The number of thiazole rings is 1. The third kappa shape index (κ3) is 5.12. The van der Waals surface area contributed by atoms with Crippen LogP contribution in [0.3, 0.4) is 0 Å². The van der Waals surface area contributed by atoms with Gasteiger partial charge in [0.1, 0.15) is 5.75 Å². The summed E-state index contributed by atoms with van der Waals surface area (Å²) < 4.78 is 7.84. The quantitative estimate of drug-likeness (QED) is 0.313. The molecule has 6 nitrogen and oxygen atoms in total. The van der Waals surface area contributed by atoms with Gasteiger partial charge < -0.3 is 4.74 Å². The van der Waals surface area contributed by atoms with Gasteiger partial charge in [0.25, 0.3) is 0 Å². The Balaban J connectivity index is 1.47. The molecule has 0 bridgehead atoms. The predicted octanol–water partition coefficient (Wildman–Crippen LogP) is 5.29. The molecule has 152 valence electrons. The van der Waals surface area contributed by atoms with Crippen molar-refractivity contribution in [3.8, 4) is 17.0 Å². The van der Waals surface area contributed by atoms with Crippen molar-refractivity contribution in [2.75, 3.05) is 5.43 Å². The van der Waals surface area contributed by atoms with E-state index in [1.54, 1.807) is 12.4 Å². The van der Waals surface area contributed by atoms with Crippen LogP contribution < -0.4 is 10.2 Å². The van der Waals surface area contributed by atoms with Crippen molar-refractivity contribution in [3.63, 3.8) is 0 Å². The summed E-state index contributed by atoms with van der Waals surface area (Å²) in [5.74, 6) is 0.859. The van der Waals surface area contributed by atoms with Crippen molar-refractivity contribution in [1.29, 1.82) is 0 Å². The molecule has 2 aromatic heterocycles. The van der Waals surface area contributed by atoms with Gasteiger partial charge in [-0.25, -0.2) is 4.98 Å². The molecule has 0 amide bonds. The Morgan fingerprint density at radius 2 is 2.03 bits per heavy atom. The second-order valence-corrected chi connectivity index (χ2v) is 7.87. The number of nitrogens with one attached hydrogen (secondary N) is 1. The van der Waals surface area contributed by atoms with Crippen molar-refractivity contribution < 1.29 is 4.74 Å². The van der Waals surface area contributed by atoms with Crippen molar-refractivity contribution in [2.24, 2.45) is 5.10 Å². The molecule has 4 aromatic rings. The molecule has 0 saturated heterocycles. The third-order valence-electron chi connectivity index (χ3n) is 4.29. The summed E-state index contributed by atoms with van der Waals surface area (Å²) in [6, 6.07) is 18.1. The van der Waals surface area contributed by atoms with Gasteiger partial charge in [0.2, 0.25) is 5.13 Å². The van der Waals surface area contributed by atoms with Crippen LogP contribution in [-0.4, -0.2) is 27.1 Å². The van der Waals surface area contributed by atoms with Crippen LogP contribution in [0, 0.1) is 0 Å². The van der Waals surface area contributed by atoms with Gasteiger partial charge in [0.05, 0.1) is 24.6 Å². The van der Waals surface area contributed by atoms with Gasteiger partial charge in [0, 0.05) is 28.9 Å². The summed E-state index contributed by atoms with van der Waals surface area (Å²) in [7, 11) is 0. The highest BCUT2D eigenvalue weighted by Crippen LogP contribution is 2.25. The van der Waals surface area contributed by atoms with E-state index in [0.29, 0.717) is 6.54 Å². The Kier molecular flexibility index (Phi) is 6.20. The lowest BCUT2D eigenvalue weighted by atomic mass is 10.1. The zero-order chi connectivity index (χ0) is 20.8. The van der Waals surface area contributed by atoms with Crippen molar-refractivity contribution in [1.82, 2.24) is 14.8 Å². The molecule has 0 unspecified atom stereocenters. The standard InChI is InChI=1S/C23H23N5OS/c1-17(2)29-22-10-9-18(13-20(22)15-28-12-6-11-25-28)14-24-27-23-26-21(16-30-23)19-7-4-3-5-8-19/h3-14,16-17H,15H2,1-2H3,(H,26,27). The van der Waals surface area contributed by atoms with Gasteiger partial charge in [-0.2, -0.15) is 10.2 Å². The van der Waals surface area contributed by atoms with Crippen LogP contribution >= 0.6 is 11.3 Å². The summed E-state index contributed by atoms with van der Waals surface area (Å²) in [5, 5.41) is 11.4. The Hall–Kier alpha value is -3.45. The summed E-state index contributed by atoms with van der Waals surface area (Å²) in [4.78, 5) is 4.59. The molecule has 4 rings (SSSR count). The third-order valence-corrected chi connectivity index (χ3v) is 5.03. The fraction of sp³-hybridized carbons (Fsp3) is 0.174. The number of hydrogen-bond donors (Lipinski definition) is 1. The minimum Gasteiger partial charge on any atom is -0.491 e. The average molecular weight is 418 g/mol. The fourth-order valence-electron chi connectivity index (χ4n) is 2.97. The number of benzene rings is 2. The van der Waals surface area contributed by atoms with Crippen LogP contribution in [-0.2, 0) is 6.54 Å². The molecule has 0 radical (unpaired) electrons. The van der Waals surface area contributed by atoms with Crippen molar-refractivity contribution in [3.05, 3.63) is 83.5 Å². The highest BCUT2D eigenvalue weighted by molar-refractivity contribution is 7.14. The molecule has 2 aromatic carbocycles. The number of hydrazone groups is 1. The number of rotatable bonds is 8. The SMILES string of the molecule is CC(C)Oc1ccc(C=NNc2nc(-c3ccccc3)cs2)cc1Cn1cccn1. The second kappa shape index (κ2) is 9.37. The van der Waals surface area contributed by atoms with Crippen molar-refractivity contribution in [2.45, 2.75) is 26.5 Å². The first-order chi connectivity index (χ1) is 14.7. The highest BCUT2D eigenvalue weighted by atomic mass is 32.1. The van der Waals surface area contributed by atoms with Crippen LogP contribution in [0.5, 0.6) is 5.75 Å². The summed E-state index contributed by atoms with van der Waals surface area (Å²) >= 11 is 1.53. The normalized spacial score (nSPS) is 11.3. The highest BCUT2D eigenvalue weighted by Gasteiger charge is 2.08. The molecule has 1 N–H and O–H groups in total. The maximum atomic E-state index is 5.96. The topological polar surface area (TPSA) is 64.3 Å². The summed E-state index contributed by atoms with van der Waals surface area (Å²) in [5.41, 5.74) is 7.08. The number of ether oxygens (including phenoxy) is 1. The van der Waals surface area contributed by atoms with E-state index in [2.05, 4.69) is 26.7 Å². The van der Waals surface area contributed by atoms with Gasteiger partial charge >= 0.3 is 0 Å². The average Bonchev–Trinajstić information content (AvgIpc) is 3.42. The largest absolute Gasteiger partial charge is 0.491 e. The number of hydrogen-bond acceptors (Lipinski definition) is 6. The van der Waals surface area contributed by atoms with Gasteiger partial charge in [-0.05, 0) is 43.7 Å². The second-order valence-electron chi connectivity index (χ2n) is 7.01. The molecule has 2 heterocycles. The van der Waals surface area contributed by atoms with Gasteiger partial charge in [0.15, 0.2) is 0 Å². The molecule has 0 fully saturated rings. The molecular formula is C23H23N5OS. The molecule has 0 atom stereocenters. The Morgan fingerprint density at radius 3 is 2.80 bits per heavy atom. The van der Waals surface area contributed by atoms with Crippen LogP contribution in [0.2, 0.25) is 0 Å². The lowest BCUT2D eigenvalue weighted by molar-refractivity contribution is 0.239. The van der Waals surface area contributed by atoms with E-state index in [-0.39, 0.29) is 6.10 Å². The number of aromatic nitrogens is 3. The van der Waals surface area contributed by atoms with Gasteiger partial charge in [-0.3, -0.25) is 10.1 Å². The molecule has 7 heteroatoms. The maximum Gasteiger partial charge on any atom is 0.203 e. The molecule has 0 aliphatic carbocycles. The van der Waals surface area contributed by atoms with Crippen LogP contribution in [0.4, 0.5) is 5.13 Å². The first-order valence-electron chi connectivity index (χ1n) is 9.74. The lowest BCUT2D eigenvalue weighted by Crippen LogP contribution is -2.10. The van der Waals surface area contributed by atoms with E-state index >= 15 is 0 Å². The zero-order valence-corrected chi connectivity index (χ0v) is 17.7. The van der Waals surface area contributed by atoms with E-state index in [4.69, 9.17) is 4.74 Å². The van der Waals surface area contributed by atoms with Crippen LogP contribution in [0.1, 0.15) is 25.0 Å². The summed E-state index contributed by atoms with van der Waals surface area (Å²) in [6.07, 6.45) is 5.60. The lowest BCUT2D eigenvalue weighted by Gasteiger charge is -2.15. The smallest absolute Gasteiger partial charge is 0.203 e. The Morgan fingerprint density at radius 1 is 1.17 bits per heavy atom. The minimum atomic E-state index is 0.103. The summed E-state index contributed by atoms with van der Waals surface area (Å²) in [6.45, 7) is 4.68. The minimum absolute atomic E-state index is 0.103. The molecule has 0 aliphatic heterocycles. The predicted molar refractivity (Wildman–Crippen MR) is 122 cm³/mol. The molecular weight excluding hydrogens is 394 g/mol. The molecule has 30 heavy (non-hydrogen) atoms. The van der Waals surface area contributed by atoms with E-state index < -0.39 is 0 Å². The van der Waals surface area contributed by atoms with Crippen LogP contribution in [0.25, 0.3) is 11.3 Å². The van der Waals surface area contributed by atoms with Gasteiger partial charge in [-0.15, -0.1) is 11.3 Å². The Labute approximate surface area is 179 Å². The van der Waals surface area contributed by atoms with E-state index in [9.17, 15) is 0 Å². The Bertz CT molecular complexity index is 1100. The van der Waals surface area contributed by atoms with Gasteiger partial charge in [-0.1, -0.05) is 30.3 Å². The number of nitrogens with zero attached hydrogens (tertiary/aromatic N) is 4. The first kappa shape index (κ1) is 19.8. The van der Waals surface area contributed by atoms with E-state index in [0.717, 1.165) is 33.3 Å². The molecule has 0 aliphatic rings.